The summed E-state index contributed by atoms with van der Waals surface area (Å²) in [5.41, 5.74) is 5.48. The van der Waals surface area contributed by atoms with Crippen molar-refractivity contribution in [3.05, 3.63) is 52.9 Å². The molecule has 5 rings (SSSR count). The summed E-state index contributed by atoms with van der Waals surface area (Å²) in [6.45, 7) is 14.7. The molecule has 4 aliphatic carbocycles. The Bertz CT molecular complexity index is 1370. The predicted molar refractivity (Wildman–Crippen MR) is 175 cm³/mol. The second-order valence-corrected chi connectivity index (χ2v) is 15.3. The smallest absolute Gasteiger partial charge is 0.303 e. The van der Waals surface area contributed by atoms with Gasteiger partial charge in [-0.1, -0.05) is 45.4 Å². The van der Waals surface area contributed by atoms with Gasteiger partial charge in [-0.05, 0) is 117 Å². The minimum Gasteiger partial charge on any atom is -0.458 e. The van der Waals surface area contributed by atoms with E-state index in [2.05, 4.69) is 49.3 Å². The largest absolute Gasteiger partial charge is 0.458 e. The maximum absolute atomic E-state index is 14.0. The van der Waals surface area contributed by atoms with Crippen LogP contribution in [-0.2, 0) is 14.3 Å². The minimum atomic E-state index is -0.569. The lowest BCUT2D eigenvalue weighted by Crippen LogP contribution is -2.65. The van der Waals surface area contributed by atoms with Crippen molar-refractivity contribution in [2.45, 2.75) is 118 Å². The van der Waals surface area contributed by atoms with Crippen LogP contribution in [0.5, 0.6) is 0 Å². The van der Waals surface area contributed by atoms with Gasteiger partial charge in [0.05, 0.1) is 18.4 Å². The molecule has 3 N–H and O–H groups in total. The lowest BCUT2D eigenvalue weighted by molar-refractivity contribution is -0.234. The van der Waals surface area contributed by atoms with Crippen molar-refractivity contribution in [1.29, 1.82) is 0 Å². The Labute approximate surface area is 268 Å². The van der Waals surface area contributed by atoms with Crippen molar-refractivity contribution in [2.75, 3.05) is 0 Å². The second kappa shape index (κ2) is 12.7. The number of carbonyl (C=O) groups is 2. The molecule has 4 saturated carbocycles. The Morgan fingerprint density at radius 3 is 2.53 bits per heavy atom. The summed E-state index contributed by atoms with van der Waals surface area (Å²) >= 11 is 0. The lowest BCUT2D eigenvalue weighted by Gasteiger charge is -2.69. The number of aliphatic hydroxyl groups excluding tert-OH is 2. The zero-order valence-corrected chi connectivity index (χ0v) is 28.2. The zero-order chi connectivity index (χ0) is 32.7. The van der Waals surface area contributed by atoms with Gasteiger partial charge in [-0.2, -0.15) is 5.10 Å². The van der Waals surface area contributed by atoms with Gasteiger partial charge in [-0.15, -0.1) is 0 Å². The Morgan fingerprint density at radius 2 is 1.87 bits per heavy atom. The number of pyridine rings is 1. The van der Waals surface area contributed by atoms with Crippen molar-refractivity contribution in [2.24, 2.45) is 45.0 Å². The van der Waals surface area contributed by atoms with Gasteiger partial charge < -0.3 is 14.9 Å². The third kappa shape index (κ3) is 5.93. The predicted octanol–water partition coefficient (Wildman–Crippen LogP) is 6.13. The van der Waals surface area contributed by atoms with Gasteiger partial charge in [-0.3, -0.25) is 14.6 Å². The van der Waals surface area contributed by atoms with E-state index in [4.69, 9.17) is 4.74 Å². The van der Waals surface area contributed by atoms with Crippen LogP contribution in [0.2, 0.25) is 0 Å². The van der Waals surface area contributed by atoms with Gasteiger partial charge in [0, 0.05) is 30.5 Å². The van der Waals surface area contributed by atoms with E-state index in [0.717, 1.165) is 36.8 Å². The first-order valence-corrected chi connectivity index (χ1v) is 16.9. The Balaban J connectivity index is 1.58. The van der Waals surface area contributed by atoms with Crippen molar-refractivity contribution in [3.8, 4) is 0 Å². The number of carbonyl (C=O) groups excluding carboxylic acids is 2. The van der Waals surface area contributed by atoms with Crippen molar-refractivity contribution < 1.29 is 24.5 Å². The van der Waals surface area contributed by atoms with E-state index in [1.807, 2.05) is 26.0 Å². The number of rotatable bonds is 7. The molecule has 0 saturated heterocycles. The van der Waals surface area contributed by atoms with Gasteiger partial charge in [-0.25, -0.2) is 5.43 Å². The summed E-state index contributed by atoms with van der Waals surface area (Å²) in [4.78, 5) is 30.7. The molecule has 0 unspecified atom stereocenters. The van der Waals surface area contributed by atoms with E-state index in [-0.39, 0.29) is 52.0 Å². The maximum atomic E-state index is 14.0. The summed E-state index contributed by atoms with van der Waals surface area (Å²) in [5, 5.41) is 27.2. The van der Waals surface area contributed by atoms with E-state index in [9.17, 15) is 19.8 Å². The van der Waals surface area contributed by atoms with Crippen molar-refractivity contribution in [3.63, 3.8) is 0 Å². The summed E-state index contributed by atoms with van der Waals surface area (Å²) in [5.74, 6) is -0.217. The van der Waals surface area contributed by atoms with Gasteiger partial charge in [0.25, 0.3) is 5.91 Å². The molecule has 0 radical (unpaired) electrons. The molecule has 8 heteroatoms. The molecule has 246 valence electrons. The highest BCUT2D eigenvalue weighted by Crippen LogP contribution is 2.74. The molecule has 4 fully saturated rings. The zero-order valence-electron chi connectivity index (χ0n) is 28.2. The number of hydrogen-bond acceptors (Lipinski definition) is 7. The van der Waals surface area contributed by atoms with Crippen molar-refractivity contribution >= 4 is 18.1 Å². The second-order valence-electron chi connectivity index (χ2n) is 15.3. The molecule has 0 aliphatic heterocycles. The molecule has 0 aromatic carbocycles. The number of amides is 1. The molecule has 8 nitrogen and oxygen atoms in total. The van der Waals surface area contributed by atoms with Crippen LogP contribution in [-0.4, -0.2) is 51.6 Å². The highest BCUT2D eigenvalue weighted by Gasteiger charge is 2.70. The molecule has 10 atom stereocenters. The summed E-state index contributed by atoms with van der Waals surface area (Å²) in [7, 11) is 0. The number of ether oxygens (including phenoxy) is 1. The van der Waals surface area contributed by atoms with Gasteiger partial charge >= 0.3 is 5.97 Å². The van der Waals surface area contributed by atoms with Crippen LogP contribution in [0.1, 0.15) is 105 Å². The summed E-state index contributed by atoms with van der Waals surface area (Å²) in [6.07, 6.45) is 11.5. The Morgan fingerprint density at radius 1 is 1.11 bits per heavy atom. The fourth-order valence-corrected chi connectivity index (χ4v) is 10.5. The minimum absolute atomic E-state index is 0.0457. The lowest BCUT2D eigenvalue weighted by atomic mass is 9.36. The van der Waals surface area contributed by atoms with Crippen LogP contribution in [0.3, 0.4) is 0 Å². The molecule has 1 amide bonds. The third-order valence-corrected chi connectivity index (χ3v) is 12.6. The average molecular weight is 620 g/mol. The van der Waals surface area contributed by atoms with E-state index in [0.29, 0.717) is 37.2 Å². The number of esters is 1. The Kier molecular flexibility index (Phi) is 9.50. The first kappa shape index (κ1) is 33.5. The number of hydrogen-bond donors (Lipinski definition) is 3. The molecule has 45 heavy (non-hydrogen) atoms. The summed E-state index contributed by atoms with van der Waals surface area (Å²) < 4.78 is 6.08. The molecule has 1 aromatic heterocycles. The van der Waals surface area contributed by atoms with Crippen LogP contribution in [0.4, 0.5) is 0 Å². The van der Waals surface area contributed by atoms with E-state index < -0.39 is 12.2 Å². The highest BCUT2D eigenvalue weighted by atomic mass is 16.5. The van der Waals surface area contributed by atoms with Gasteiger partial charge in [0.15, 0.2) is 0 Å². The first-order valence-electron chi connectivity index (χ1n) is 16.9. The number of fused-ring (bicyclic) bond motifs is 5. The highest BCUT2D eigenvalue weighted by molar-refractivity contribution is 5.95. The number of nitrogens with one attached hydrogen (secondary N) is 1. The van der Waals surface area contributed by atoms with Crippen LogP contribution >= 0.6 is 0 Å². The van der Waals surface area contributed by atoms with Crippen LogP contribution in [0, 0.1) is 39.9 Å². The molecule has 0 bridgehead atoms. The quantitative estimate of drug-likeness (QED) is 0.111. The number of aromatic nitrogens is 1. The normalized spacial score (nSPS) is 40.2. The number of allylic oxidation sites excluding steroid dienone is 2. The SMILES string of the molecule is CC(=O)O[C@H]1C[C@@]2(C)[C@@H](C[C@@H](O)[C@H]3[C@@]4(C)CC[C@@H](O)[C@@H](C)[C@@H]4CC[C@@]32C)/C1=C(\CCC=C(C)C)C(=O)N/N=C/c1cccnc1. The fourth-order valence-electron chi connectivity index (χ4n) is 10.5. The van der Waals surface area contributed by atoms with Gasteiger partial charge in [0.1, 0.15) is 6.10 Å². The molecule has 1 aromatic rings. The van der Waals surface area contributed by atoms with Crippen LogP contribution in [0.25, 0.3) is 0 Å². The monoisotopic (exact) mass is 619 g/mol. The number of aliphatic hydroxyl groups is 2. The Hall–Kier alpha value is -2.84. The van der Waals surface area contributed by atoms with Crippen LogP contribution in [0.15, 0.2) is 52.4 Å². The van der Waals surface area contributed by atoms with E-state index >= 15 is 0 Å². The maximum Gasteiger partial charge on any atom is 0.303 e. The topological polar surface area (TPSA) is 121 Å². The number of hydrazone groups is 1. The fraction of sp³-hybridized carbons (Fsp3) is 0.676. The number of nitrogens with zero attached hydrogens (tertiary/aromatic N) is 2. The average Bonchev–Trinajstić information content (AvgIpc) is 3.24. The molecular weight excluding hydrogens is 566 g/mol. The summed E-state index contributed by atoms with van der Waals surface area (Å²) in [6, 6.07) is 3.67. The first-order chi connectivity index (χ1) is 21.2. The van der Waals surface area contributed by atoms with E-state index in [1.165, 1.54) is 12.5 Å². The third-order valence-electron chi connectivity index (χ3n) is 12.6. The standard InChI is InChI=1S/C37H53N3O5/c1-22(2)10-8-12-26(34(44)40-39-21-25-11-9-17-38-20-25)32-28-18-30(43)33-35(5)15-14-29(42)23(3)27(35)13-16-36(33,6)37(28,7)19-31(32)45-24(4)41/h9-11,17,20-21,23,27-31,33,42-43H,8,12-16,18-19H2,1-7H3,(H,40,44)/b32-26-,39-21+/t23-,27-,28-,29+,30+,31-,33-,35-,36-,37-/m0/s1. The molecular formula is C37H53N3O5. The molecule has 4 aliphatic rings. The molecule has 0 spiro atoms. The molecule has 1 heterocycles. The van der Waals surface area contributed by atoms with Gasteiger partial charge in [0.2, 0.25) is 0 Å². The van der Waals surface area contributed by atoms with Crippen molar-refractivity contribution in [1.82, 2.24) is 10.4 Å². The van der Waals surface area contributed by atoms with Crippen LogP contribution < -0.4 is 5.43 Å². The van der Waals surface area contributed by atoms with E-state index in [1.54, 1.807) is 18.6 Å².